The fourth-order valence-electron chi connectivity index (χ4n) is 1.43. The van der Waals surface area contributed by atoms with Gasteiger partial charge in [-0.1, -0.05) is 22.0 Å². The summed E-state index contributed by atoms with van der Waals surface area (Å²) in [5.41, 5.74) is -1.49. The van der Waals surface area contributed by atoms with E-state index in [9.17, 15) is 14.7 Å². The zero-order valence-electron chi connectivity index (χ0n) is 10.9. The fraction of sp³-hybridized carbons (Fsp3) is 0.385. The summed E-state index contributed by atoms with van der Waals surface area (Å²) >= 11 is 3.28. The highest BCUT2D eigenvalue weighted by atomic mass is 79.9. The minimum atomic E-state index is -1.49. The summed E-state index contributed by atoms with van der Waals surface area (Å²) in [6.45, 7) is 0.982. The second-order valence-corrected chi connectivity index (χ2v) is 5.51. The lowest BCUT2D eigenvalue weighted by Gasteiger charge is -2.21. The van der Waals surface area contributed by atoms with E-state index in [-0.39, 0.29) is 13.2 Å². The third-order valence-electron chi connectivity index (χ3n) is 2.36. The molecule has 3 N–H and O–H groups in total. The van der Waals surface area contributed by atoms with Gasteiger partial charge in [-0.05, 0) is 25.1 Å². The Morgan fingerprint density at radius 3 is 2.75 bits per heavy atom. The molecule has 0 fully saturated rings. The second-order valence-electron chi connectivity index (χ2n) is 4.59. The zero-order chi connectivity index (χ0) is 15.2. The van der Waals surface area contributed by atoms with Gasteiger partial charge in [0.2, 0.25) is 0 Å². The third kappa shape index (κ3) is 6.53. The third-order valence-corrected chi connectivity index (χ3v) is 2.86. The average Bonchev–Trinajstić information content (AvgIpc) is 2.32. The molecule has 7 heteroatoms. The van der Waals surface area contributed by atoms with E-state index in [4.69, 9.17) is 9.84 Å². The Morgan fingerprint density at radius 2 is 2.15 bits per heavy atom. The molecule has 1 aromatic rings. The first kappa shape index (κ1) is 16.5. The van der Waals surface area contributed by atoms with Crippen LogP contribution in [0, 0.1) is 0 Å². The monoisotopic (exact) mass is 345 g/mol. The van der Waals surface area contributed by atoms with E-state index in [1.807, 2.05) is 6.07 Å². The number of hydrogen-bond acceptors (Lipinski definition) is 4. The molecule has 0 aliphatic carbocycles. The van der Waals surface area contributed by atoms with Crippen LogP contribution >= 0.6 is 15.9 Å². The lowest BCUT2D eigenvalue weighted by atomic mass is 10.0. The van der Waals surface area contributed by atoms with Crippen molar-refractivity contribution in [1.29, 1.82) is 0 Å². The highest BCUT2D eigenvalue weighted by molar-refractivity contribution is 9.10. The van der Waals surface area contributed by atoms with Crippen molar-refractivity contribution < 1.29 is 24.5 Å². The Kier molecular flexibility index (Phi) is 5.97. The van der Waals surface area contributed by atoms with Crippen LogP contribution in [0.25, 0.3) is 0 Å². The number of aliphatic hydroxyl groups is 1. The van der Waals surface area contributed by atoms with Gasteiger partial charge in [0.15, 0.2) is 6.61 Å². The Bertz CT molecular complexity index is 489. The quantitative estimate of drug-likeness (QED) is 0.689. The van der Waals surface area contributed by atoms with Crippen LogP contribution in [-0.4, -0.2) is 40.8 Å². The van der Waals surface area contributed by atoms with Crippen LogP contribution in [0.5, 0.6) is 5.75 Å². The number of halogens is 1. The van der Waals surface area contributed by atoms with E-state index in [1.54, 1.807) is 18.2 Å². The molecule has 1 atom stereocenters. The van der Waals surface area contributed by atoms with E-state index in [0.29, 0.717) is 5.75 Å². The van der Waals surface area contributed by atoms with Crippen LogP contribution in [-0.2, 0) is 9.59 Å². The van der Waals surface area contributed by atoms with Crippen LogP contribution in [0.2, 0.25) is 0 Å². The number of carboxylic acid groups (broad SMARTS) is 1. The Labute approximate surface area is 124 Å². The number of hydrogen-bond donors (Lipinski definition) is 3. The predicted molar refractivity (Wildman–Crippen MR) is 75.5 cm³/mol. The molecule has 1 amide bonds. The fourth-order valence-corrected chi connectivity index (χ4v) is 1.81. The van der Waals surface area contributed by atoms with E-state index in [0.717, 1.165) is 4.47 Å². The lowest BCUT2D eigenvalue weighted by molar-refractivity contribution is -0.142. The van der Waals surface area contributed by atoms with E-state index < -0.39 is 23.9 Å². The van der Waals surface area contributed by atoms with Gasteiger partial charge in [0.1, 0.15) is 5.75 Å². The molecule has 0 bridgehead atoms. The van der Waals surface area contributed by atoms with Crippen molar-refractivity contribution >= 4 is 27.8 Å². The van der Waals surface area contributed by atoms with Gasteiger partial charge < -0.3 is 20.3 Å². The number of benzene rings is 1. The number of aliphatic carboxylic acids is 1. The maximum absolute atomic E-state index is 11.5. The Hall–Kier alpha value is -1.60. The van der Waals surface area contributed by atoms with Crippen molar-refractivity contribution in [3.05, 3.63) is 28.7 Å². The van der Waals surface area contributed by atoms with Crippen molar-refractivity contribution in [1.82, 2.24) is 5.32 Å². The van der Waals surface area contributed by atoms with Gasteiger partial charge >= 0.3 is 5.97 Å². The molecule has 1 rings (SSSR count). The molecule has 1 aromatic carbocycles. The van der Waals surface area contributed by atoms with Crippen molar-refractivity contribution in [3.8, 4) is 5.75 Å². The number of ether oxygens (including phenoxy) is 1. The maximum atomic E-state index is 11.5. The first-order valence-corrected chi connectivity index (χ1v) is 6.67. The molecule has 0 radical (unpaired) electrons. The summed E-state index contributed by atoms with van der Waals surface area (Å²) in [5.74, 6) is -1.03. The van der Waals surface area contributed by atoms with Gasteiger partial charge in [-0.25, -0.2) is 0 Å². The SMILES string of the molecule is CC(O)(CNC(=O)COc1cccc(Br)c1)CC(=O)O. The van der Waals surface area contributed by atoms with Gasteiger partial charge in [-0.15, -0.1) is 0 Å². The number of carboxylic acids is 1. The van der Waals surface area contributed by atoms with Gasteiger partial charge in [0.05, 0.1) is 12.0 Å². The topological polar surface area (TPSA) is 95.9 Å². The number of nitrogens with one attached hydrogen (secondary N) is 1. The van der Waals surface area contributed by atoms with Crippen molar-refractivity contribution in [2.45, 2.75) is 18.9 Å². The largest absolute Gasteiger partial charge is 0.484 e. The molecule has 0 spiro atoms. The highest BCUT2D eigenvalue weighted by Crippen LogP contribution is 2.17. The van der Waals surface area contributed by atoms with Crippen molar-refractivity contribution in [2.24, 2.45) is 0 Å². The Morgan fingerprint density at radius 1 is 1.45 bits per heavy atom. The number of amides is 1. The molecule has 6 nitrogen and oxygen atoms in total. The summed E-state index contributed by atoms with van der Waals surface area (Å²) < 4.78 is 6.09. The van der Waals surface area contributed by atoms with Crippen LogP contribution in [0.4, 0.5) is 0 Å². The van der Waals surface area contributed by atoms with Crippen molar-refractivity contribution in [3.63, 3.8) is 0 Å². The molecule has 0 aliphatic rings. The van der Waals surface area contributed by atoms with E-state index in [2.05, 4.69) is 21.2 Å². The van der Waals surface area contributed by atoms with Crippen LogP contribution in [0.1, 0.15) is 13.3 Å². The molecule has 0 saturated carbocycles. The molecule has 0 aliphatic heterocycles. The molecule has 0 aromatic heterocycles. The number of carbonyl (C=O) groups excluding carboxylic acids is 1. The summed E-state index contributed by atoms with van der Waals surface area (Å²) in [7, 11) is 0. The smallest absolute Gasteiger partial charge is 0.306 e. The van der Waals surface area contributed by atoms with Gasteiger partial charge in [-0.2, -0.15) is 0 Å². The standard InChI is InChI=1S/C13H16BrNO5/c1-13(19,6-12(17)18)8-15-11(16)7-20-10-4-2-3-9(14)5-10/h2-5,19H,6-8H2,1H3,(H,15,16)(H,17,18). The molecule has 110 valence electrons. The minimum Gasteiger partial charge on any atom is -0.484 e. The zero-order valence-corrected chi connectivity index (χ0v) is 12.5. The molecule has 0 saturated heterocycles. The van der Waals surface area contributed by atoms with Gasteiger partial charge in [0, 0.05) is 11.0 Å². The summed E-state index contributed by atoms with van der Waals surface area (Å²) in [6.07, 6.45) is -0.445. The highest BCUT2D eigenvalue weighted by Gasteiger charge is 2.24. The summed E-state index contributed by atoms with van der Waals surface area (Å²) in [6, 6.07) is 7.03. The van der Waals surface area contributed by atoms with Gasteiger partial charge in [-0.3, -0.25) is 9.59 Å². The lowest BCUT2D eigenvalue weighted by Crippen LogP contribution is -2.43. The summed E-state index contributed by atoms with van der Waals surface area (Å²) in [5, 5.41) is 20.7. The van der Waals surface area contributed by atoms with E-state index >= 15 is 0 Å². The van der Waals surface area contributed by atoms with E-state index in [1.165, 1.54) is 6.92 Å². The molecular formula is C13H16BrNO5. The number of rotatable bonds is 7. The predicted octanol–water partition coefficient (Wildman–Crippen LogP) is 1.17. The first-order valence-electron chi connectivity index (χ1n) is 5.88. The number of carbonyl (C=O) groups is 2. The first-order chi connectivity index (χ1) is 9.28. The normalized spacial score (nSPS) is 13.3. The Balaban J connectivity index is 2.35. The maximum Gasteiger partial charge on any atom is 0.306 e. The molecule has 1 unspecified atom stereocenters. The molecule has 0 heterocycles. The minimum absolute atomic E-state index is 0.153. The van der Waals surface area contributed by atoms with Crippen LogP contribution in [0.15, 0.2) is 28.7 Å². The average molecular weight is 346 g/mol. The second kappa shape index (κ2) is 7.25. The van der Waals surface area contributed by atoms with Crippen LogP contribution < -0.4 is 10.1 Å². The summed E-state index contributed by atoms with van der Waals surface area (Å²) in [4.78, 5) is 22.0. The molecular weight excluding hydrogens is 330 g/mol. The molecule has 20 heavy (non-hydrogen) atoms. The van der Waals surface area contributed by atoms with Crippen LogP contribution in [0.3, 0.4) is 0 Å². The van der Waals surface area contributed by atoms with Crippen molar-refractivity contribution in [2.75, 3.05) is 13.2 Å². The van der Waals surface area contributed by atoms with Gasteiger partial charge in [0.25, 0.3) is 5.91 Å².